The van der Waals surface area contributed by atoms with Gasteiger partial charge in [-0.15, -0.1) is 0 Å². The fraction of sp³-hybridized carbons (Fsp3) is 1.00. The van der Waals surface area contributed by atoms with E-state index in [9.17, 15) is 0 Å². The number of nitrogens with one attached hydrogen (secondary N) is 1. The normalized spacial score (nSPS) is 26.5. The fourth-order valence-electron chi connectivity index (χ4n) is 3.20. The van der Waals surface area contributed by atoms with Gasteiger partial charge >= 0.3 is 0 Å². The molecule has 1 aliphatic heterocycles. The number of methoxy groups -OCH3 is 1. The number of hydrogen-bond donors (Lipinski definition) is 1. The Morgan fingerprint density at radius 1 is 1.35 bits per heavy atom. The maximum absolute atomic E-state index is 5.92. The summed E-state index contributed by atoms with van der Waals surface area (Å²) in [7, 11) is 1.87. The van der Waals surface area contributed by atoms with Crippen molar-refractivity contribution in [2.75, 3.05) is 26.9 Å². The summed E-state index contributed by atoms with van der Waals surface area (Å²) in [6.07, 6.45) is 7.60. The van der Waals surface area contributed by atoms with E-state index in [0.717, 1.165) is 38.5 Å². The van der Waals surface area contributed by atoms with E-state index in [4.69, 9.17) is 9.47 Å². The minimum atomic E-state index is 0.0177. The van der Waals surface area contributed by atoms with E-state index in [-0.39, 0.29) is 5.60 Å². The van der Waals surface area contributed by atoms with E-state index in [2.05, 4.69) is 12.2 Å². The number of ether oxygens (including phenoxy) is 2. The minimum Gasteiger partial charge on any atom is -0.381 e. The van der Waals surface area contributed by atoms with Crippen LogP contribution in [-0.2, 0) is 9.47 Å². The van der Waals surface area contributed by atoms with Crippen molar-refractivity contribution >= 4 is 0 Å². The summed E-state index contributed by atoms with van der Waals surface area (Å²) in [5.74, 6) is 0.925. The molecule has 1 N–H and O–H groups in total. The molecule has 100 valence electrons. The van der Waals surface area contributed by atoms with Gasteiger partial charge in [-0.05, 0) is 18.9 Å². The predicted molar refractivity (Wildman–Crippen MR) is 69.2 cm³/mol. The molecule has 2 fully saturated rings. The summed E-state index contributed by atoms with van der Waals surface area (Å²) in [4.78, 5) is 0. The molecule has 0 bridgehead atoms. The lowest BCUT2D eigenvalue weighted by molar-refractivity contribution is -0.115. The monoisotopic (exact) mass is 241 g/mol. The fourth-order valence-corrected chi connectivity index (χ4v) is 3.20. The zero-order chi connectivity index (χ0) is 12.1. The highest BCUT2D eigenvalue weighted by atomic mass is 16.5. The maximum Gasteiger partial charge on any atom is 0.0874 e. The van der Waals surface area contributed by atoms with Crippen LogP contribution in [0.4, 0.5) is 0 Å². The average Bonchev–Trinajstić information content (AvgIpc) is 2.33. The van der Waals surface area contributed by atoms with Crippen molar-refractivity contribution < 1.29 is 9.47 Å². The molecular formula is C14H27NO2. The van der Waals surface area contributed by atoms with Gasteiger partial charge in [0.25, 0.3) is 0 Å². The molecule has 1 heterocycles. The highest BCUT2D eigenvalue weighted by molar-refractivity contribution is 4.96. The van der Waals surface area contributed by atoms with Crippen LogP contribution in [0.25, 0.3) is 0 Å². The molecule has 1 saturated carbocycles. The summed E-state index contributed by atoms with van der Waals surface area (Å²) in [6.45, 7) is 4.92. The summed E-state index contributed by atoms with van der Waals surface area (Å²) < 4.78 is 11.4. The molecule has 2 rings (SSSR count). The van der Waals surface area contributed by atoms with E-state index in [1.807, 2.05) is 7.11 Å². The molecule has 0 aromatic carbocycles. The molecule has 1 saturated heterocycles. The number of hydrogen-bond acceptors (Lipinski definition) is 3. The van der Waals surface area contributed by atoms with Crippen molar-refractivity contribution in [2.24, 2.45) is 5.92 Å². The minimum absolute atomic E-state index is 0.0177. The van der Waals surface area contributed by atoms with Crippen LogP contribution in [0.15, 0.2) is 0 Å². The third-order valence-corrected chi connectivity index (χ3v) is 4.63. The van der Waals surface area contributed by atoms with Gasteiger partial charge < -0.3 is 14.8 Å². The molecular weight excluding hydrogens is 214 g/mol. The van der Waals surface area contributed by atoms with Crippen molar-refractivity contribution in [1.82, 2.24) is 5.32 Å². The van der Waals surface area contributed by atoms with Gasteiger partial charge in [0.2, 0.25) is 0 Å². The third-order valence-electron chi connectivity index (χ3n) is 4.63. The van der Waals surface area contributed by atoms with Gasteiger partial charge in [-0.2, -0.15) is 0 Å². The van der Waals surface area contributed by atoms with Gasteiger partial charge in [0, 0.05) is 39.2 Å². The van der Waals surface area contributed by atoms with Crippen LogP contribution in [0.5, 0.6) is 0 Å². The molecule has 0 aromatic rings. The van der Waals surface area contributed by atoms with Crippen molar-refractivity contribution in [1.29, 1.82) is 0 Å². The quantitative estimate of drug-likeness (QED) is 0.774. The van der Waals surface area contributed by atoms with Crippen molar-refractivity contribution in [3.8, 4) is 0 Å². The lowest BCUT2D eigenvalue weighted by Gasteiger charge is -2.45. The maximum atomic E-state index is 5.92. The molecule has 1 unspecified atom stereocenters. The van der Waals surface area contributed by atoms with Gasteiger partial charge in [0.1, 0.15) is 0 Å². The van der Waals surface area contributed by atoms with Crippen LogP contribution < -0.4 is 5.32 Å². The van der Waals surface area contributed by atoms with E-state index >= 15 is 0 Å². The molecule has 0 aromatic heterocycles. The van der Waals surface area contributed by atoms with Gasteiger partial charge in [0.15, 0.2) is 0 Å². The second-order valence-electron chi connectivity index (χ2n) is 5.52. The standard InChI is InChI=1S/C14H27NO2/c1-3-15-13(11-12-5-4-6-12)14(16-2)7-9-17-10-8-14/h12-13,15H,3-11H2,1-2H3. The Bertz CT molecular complexity index is 222. The Balaban J connectivity index is 1.99. The molecule has 0 radical (unpaired) electrons. The van der Waals surface area contributed by atoms with Crippen molar-refractivity contribution in [3.63, 3.8) is 0 Å². The van der Waals surface area contributed by atoms with Gasteiger partial charge in [-0.25, -0.2) is 0 Å². The van der Waals surface area contributed by atoms with Gasteiger partial charge in [-0.1, -0.05) is 26.2 Å². The second kappa shape index (κ2) is 6.17. The zero-order valence-electron chi connectivity index (χ0n) is 11.3. The molecule has 0 spiro atoms. The molecule has 3 nitrogen and oxygen atoms in total. The Kier molecular flexibility index (Phi) is 4.83. The Labute approximate surface area is 105 Å². The topological polar surface area (TPSA) is 30.5 Å². The molecule has 2 aliphatic rings. The highest BCUT2D eigenvalue weighted by Gasteiger charge is 2.41. The lowest BCUT2D eigenvalue weighted by atomic mass is 9.75. The molecule has 0 amide bonds. The number of rotatable bonds is 6. The summed E-state index contributed by atoms with van der Waals surface area (Å²) in [5.41, 5.74) is 0.0177. The van der Waals surface area contributed by atoms with Crippen LogP contribution >= 0.6 is 0 Å². The first kappa shape index (κ1) is 13.3. The third kappa shape index (κ3) is 3.01. The molecule has 17 heavy (non-hydrogen) atoms. The summed E-state index contributed by atoms with van der Waals surface area (Å²) in [5, 5.41) is 3.66. The number of likely N-dealkylation sites (N-methyl/N-ethyl adjacent to an activating group) is 1. The summed E-state index contributed by atoms with van der Waals surface area (Å²) in [6, 6.07) is 0.506. The van der Waals surface area contributed by atoms with Crippen LogP contribution in [0.3, 0.4) is 0 Å². The molecule has 1 atom stereocenters. The second-order valence-corrected chi connectivity index (χ2v) is 5.52. The predicted octanol–water partition coefficient (Wildman–Crippen LogP) is 2.35. The smallest absolute Gasteiger partial charge is 0.0874 e. The van der Waals surface area contributed by atoms with E-state index in [0.29, 0.717) is 6.04 Å². The molecule has 3 heteroatoms. The Hall–Kier alpha value is -0.120. The van der Waals surface area contributed by atoms with E-state index < -0.39 is 0 Å². The van der Waals surface area contributed by atoms with Gasteiger partial charge in [0.05, 0.1) is 5.60 Å². The largest absolute Gasteiger partial charge is 0.381 e. The SMILES string of the molecule is CCNC(CC1CCC1)C1(OC)CCOCC1. The van der Waals surface area contributed by atoms with Crippen molar-refractivity contribution in [3.05, 3.63) is 0 Å². The Morgan fingerprint density at radius 3 is 2.53 bits per heavy atom. The zero-order valence-corrected chi connectivity index (χ0v) is 11.3. The van der Waals surface area contributed by atoms with E-state index in [1.54, 1.807) is 0 Å². The van der Waals surface area contributed by atoms with E-state index in [1.165, 1.54) is 25.7 Å². The van der Waals surface area contributed by atoms with Crippen LogP contribution in [0, 0.1) is 5.92 Å². The lowest BCUT2D eigenvalue weighted by Crippen LogP contribution is -2.56. The Morgan fingerprint density at radius 2 is 2.06 bits per heavy atom. The van der Waals surface area contributed by atoms with Crippen LogP contribution in [-0.4, -0.2) is 38.5 Å². The van der Waals surface area contributed by atoms with Crippen LogP contribution in [0.1, 0.15) is 45.4 Å². The summed E-state index contributed by atoms with van der Waals surface area (Å²) >= 11 is 0. The first-order chi connectivity index (χ1) is 8.30. The first-order valence-corrected chi connectivity index (χ1v) is 7.17. The molecule has 1 aliphatic carbocycles. The first-order valence-electron chi connectivity index (χ1n) is 7.17. The average molecular weight is 241 g/mol. The highest BCUT2D eigenvalue weighted by Crippen LogP contribution is 2.37. The van der Waals surface area contributed by atoms with Gasteiger partial charge in [-0.3, -0.25) is 0 Å². The van der Waals surface area contributed by atoms with Crippen molar-refractivity contribution in [2.45, 2.75) is 57.1 Å². The van der Waals surface area contributed by atoms with Crippen LogP contribution in [0.2, 0.25) is 0 Å².